The van der Waals surface area contributed by atoms with E-state index in [-0.39, 0.29) is 31.4 Å². The number of nitrogens with one attached hydrogen (secondary N) is 1. The summed E-state index contributed by atoms with van der Waals surface area (Å²) in [6.07, 6.45) is 4.30. The Morgan fingerprint density at radius 2 is 1.60 bits per heavy atom. The summed E-state index contributed by atoms with van der Waals surface area (Å²) in [7, 11) is 0. The highest BCUT2D eigenvalue weighted by atomic mass is 16.5. The molecule has 3 aliphatic rings. The number of piperidine rings is 1. The summed E-state index contributed by atoms with van der Waals surface area (Å²) in [5.41, 5.74) is 4.04. The zero-order valence-electron chi connectivity index (χ0n) is 19.9. The number of hydrogen-bond donors (Lipinski definition) is 2. The van der Waals surface area contributed by atoms with Crippen LogP contribution in [-0.2, 0) is 14.3 Å². The molecular weight excluding hydrogens is 444 g/mol. The maximum absolute atomic E-state index is 13.1. The smallest absolute Gasteiger partial charge is 0.407 e. The van der Waals surface area contributed by atoms with Crippen molar-refractivity contribution < 1.29 is 24.2 Å². The van der Waals surface area contributed by atoms with Gasteiger partial charge in [-0.1, -0.05) is 61.4 Å². The highest BCUT2D eigenvalue weighted by molar-refractivity contribution is 5.81. The first-order chi connectivity index (χ1) is 17.0. The van der Waals surface area contributed by atoms with Gasteiger partial charge >= 0.3 is 12.1 Å². The molecule has 2 N–H and O–H groups in total. The number of alkyl carbamates (subject to hydrolysis) is 1. The molecule has 1 saturated heterocycles. The lowest BCUT2D eigenvalue weighted by atomic mass is 9.91. The number of aliphatic carboxylic acids is 1. The normalized spacial score (nSPS) is 20.7. The minimum Gasteiger partial charge on any atom is -0.481 e. The Bertz CT molecular complexity index is 1080. The lowest BCUT2D eigenvalue weighted by Gasteiger charge is -2.35. The van der Waals surface area contributed by atoms with Gasteiger partial charge in [0.2, 0.25) is 5.91 Å². The van der Waals surface area contributed by atoms with Gasteiger partial charge in [-0.2, -0.15) is 0 Å². The van der Waals surface area contributed by atoms with Crippen LogP contribution in [-0.4, -0.2) is 53.2 Å². The molecule has 1 heterocycles. The van der Waals surface area contributed by atoms with E-state index in [0.29, 0.717) is 19.4 Å². The van der Waals surface area contributed by atoms with Crippen LogP contribution >= 0.6 is 0 Å². The number of likely N-dealkylation sites (tertiary alicyclic amines) is 1. The van der Waals surface area contributed by atoms with Crippen LogP contribution in [0.15, 0.2) is 48.5 Å². The van der Waals surface area contributed by atoms with Crippen molar-refractivity contribution in [2.75, 3.05) is 19.7 Å². The highest BCUT2D eigenvalue weighted by Gasteiger charge is 2.40. The molecule has 2 aromatic carbocycles. The molecule has 0 spiro atoms. The molecule has 0 aromatic heterocycles. The van der Waals surface area contributed by atoms with E-state index in [1.54, 1.807) is 4.90 Å². The van der Waals surface area contributed by atoms with Crippen LogP contribution in [0.2, 0.25) is 0 Å². The standard InChI is InChI=1S/C28H32N2O5/c31-25(30-15-7-8-19(17-30)26(32)33)16-28(13-5-6-14-28)29-27(34)35-18-24-22-11-3-1-9-20(22)21-10-2-4-12-23(21)24/h1-4,9-12,19,24H,5-8,13-18H2,(H,29,34)(H,32,33)/t19-/m0/s1. The molecule has 0 bridgehead atoms. The predicted molar refractivity (Wildman–Crippen MR) is 131 cm³/mol. The van der Waals surface area contributed by atoms with Gasteiger partial charge in [-0.25, -0.2) is 4.79 Å². The number of hydrogen-bond acceptors (Lipinski definition) is 4. The van der Waals surface area contributed by atoms with Crippen LogP contribution in [0.1, 0.15) is 62.0 Å². The van der Waals surface area contributed by atoms with E-state index in [1.165, 1.54) is 11.1 Å². The fourth-order valence-electron chi connectivity index (χ4n) is 6.06. The number of rotatable bonds is 6. The molecule has 2 aromatic rings. The van der Waals surface area contributed by atoms with E-state index in [9.17, 15) is 19.5 Å². The Morgan fingerprint density at radius 3 is 2.23 bits per heavy atom. The number of amides is 2. The van der Waals surface area contributed by atoms with Gasteiger partial charge in [0.15, 0.2) is 0 Å². The topological polar surface area (TPSA) is 95.9 Å². The van der Waals surface area contributed by atoms with E-state index in [2.05, 4.69) is 29.6 Å². The third-order valence-corrected chi connectivity index (χ3v) is 7.88. The molecule has 7 nitrogen and oxygen atoms in total. The van der Waals surface area contributed by atoms with Crippen molar-refractivity contribution in [3.8, 4) is 11.1 Å². The van der Waals surface area contributed by atoms with Crippen molar-refractivity contribution >= 4 is 18.0 Å². The summed E-state index contributed by atoms with van der Waals surface area (Å²) in [5, 5.41) is 12.4. The Morgan fingerprint density at radius 1 is 0.971 bits per heavy atom. The fourth-order valence-corrected chi connectivity index (χ4v) is 6.06. The summed E-state index contributed by atoms with van der Waals surface area (Å²) in [4.78, 5) is 39.1. The van der Waals surface area contributed by atoms with Gasteiger partial charge in [-0.05, 0) is 47.9 Å². The quantitative estimate of drug-likeness (QED) is 0.638. The second-order valence-corrected chi connectivity index (χ2v) is 10.1. The minimum atomic E-state index is -0.852. The number of nitrogens with zero attached hydrogens (tertiary/aromatic N) is 1. The molecule has 2 fully saturated rings. The zero-order chi connectivity index (χ0) is 24.4. The Kier molecular flexibility index (Phi) is 6.50. The van der Waals surface area contributed by atoms with Crippen molar-refractivity contribution in [2.24, 2.45) is 5.92 Å². The maximum atomic E-state index is 13.1. The molecule has 1 saturated carbocycles. The first-order valence-corrected chi connectivity index (χ1v) is 12.6. The summed E-state index contributed by atoms with van der Waals surface area (Å²) < 4.78 is 5.75. The van der Waals surface area contributed by atoms with Gasteiger partial charge in [0.05, 0.1) is 17.9 Å². The molecular formula is C28H32N2O5. The van der Waals surface area contributed by atoms with Crippen LogP contribution in [0.25, 0.3) is 11.1 Å². The molecule has 2 aliphatic carbocycles. The Labute approximate surface area is 205 Å². The van der Waals surface area contributed by atoms with Crippen molar-refractivity contribution in [3.05, 3.63) is 59.7 Å². The van der Waals surface area contributed by atoms with Crippen molar-refractivity contribution in [1.29, 1.82) is 0 Å². The van der Waals surface area contributed by atoms with Gasteiger partial charge < -0.3 is 20.1 Å². The number of fused-ring (bicyclic) bond motifs is 3. The molecule has 35 heavy (non-hydrogen) atoms. The third-order valence-electron chi connectivity index (χ3n) is 7.88. The minimum absolute atomic E-state index is 0.0180. The van der Waals surface area contributed by atoms with Crippen molar-refractivity contribution in [2.45, 2.75) is 56.4 Å². The molecule has 5 rings (SSSR count). The van der Waals surface area contributed by atoms with E-state index in [1.807, 2.05) is 24.3 Å². The van der Waals surface area contributed by atoms with Crippen LogP contribution < -0.4 is 5.32 Å². The average Bonchev–Trinajstić information content (AvgIpc) is 3.45. The van der Waals surface area contributed by atoms with Crippen LogP contribution in [0, 0.1) is 5.92 Å². The number of carboxylic acid groups (broad SMARTS) is 1. The van der Waals surface area contributed by atoms with Crippen molar-refractivity contribution in [3.63, 3.8) is 0 Å². The molecule has 1 atom stereocenters. The van der Waals surface area contributed by atoms with Crippen LogP contribution in [0.4, 0.5) is 4.79 Å². The largest absolute Gasteiger partial charge is 0.481 e. The van der Waals surface area contributed by atoms with E-state index < -0.39 is 23.5 Å². The van der Waals surface area contributed by atoms with Crippen LogP contribution in [0.3, 0.4) is 0 Å². The molecule has 184 valence electrons. The molecule has 7 heteroatoms. The first-order valence-electron chi connectivity index (χ1n) is 12.6. The average molecular weight is 477 g/mol. The fraction of sp³-hybridized carbons (Fsp3) is 0.464. The number of carboxylic acids is 1. The molecule has 0 unspecified atom stereocenters. The second-order valence-electron chi connectivity index (χ2n) is 10.1. The van der Waals surface area contributed by atoms with Gasteiger partial charge in [-0.15, -0.1) is 0 Å². The van der Waals surface area contributed by atoms with Gasteiger partial charge in [0, 0.05) is 19.0 Å². The summed E-state index contributed by atoms with van der Waals surface area (Å²) in [6.45, 7) is 1.05. The molecule has 2 amide bonds. The third kappa shape index (κ3) is 4.77. The van der Waals surface area contributed by atoms with Crippen molar-refractivity contribution in [1.82, 2.24) is 10.2 Å². The zero-order valence-corrected chi connectivity index (χ0v) is 19.9. The van der Waals surface area contributed by atoms with Gasteiger partial charge in [0.25, 0.3) is 0 Å². The maximum Gasteiger partial charge on any atom is 0.407 e. The van der Waals surface area contributed by atoms with Gasteiger partial charge in [0.1, 0.15) is 6.61 Å². The number of ether oxygens (including phenoxy) is 1. The Hall–Kier alpha value is -3.35. The highest BCUT2D eigenvalue weighted by Crippen LogP contribution is 2.44. The summed E-state index contributed by atoms with van der Waals surface area (Å²) in [6, 6.07) is 16.4. The van der Waals surface area contributed by atoms with E-state index in [0.717, 1.165) is 36.8 Å². The van der Waals surface area contributed by atoms with Gasteiger partial charge in [-0.3, -0.25) is 9.59 Å². The lowest BCUT2D eigenvalue weighted by molar-refractivity contribution is -0.146. The first kappa shape index (κ1) is 23.4. The SMILES string of the molecule is O=C(NC1(CC(=O)N2CCC[C@H](C(=O)O)C2)CCCC1)OCC1c2ccccc2-c2ccccc21. The van der Waals surface area contributed by atoms with Crippen LogP contribution in [0.5, 0.6) is 0 Å². The number of carbonyl (C=O) groups is 3. The second kappa shape index (κ2) is 9.72. The Balaban J connectivity index is 1.23. The monoisotopic (exact) mass is 476 g/mol. The summed E-state index contributed by atoms with van der Waals surface area (Å²) in [5.74, 6) is -1.47. The molecule has 0 radical (unpaired) electrons. The summed E-state index contributed by atoms with van der Waals surface area (Å²) >= 11 is 0. The lowest BCUT2D eigenvalue weighted by Crippen LogP contribution is -2.51. The van der Waals surface area contributed by atoms with E-state index >= 15 is 0 Å². The number of benzene rings is 2. The van der Waals surface area contributed by atoms with E-state index in [4.69, 9.17) is 4.74 Å². The predicted octanol–water partition coefficient (Wildman–Crippen LogP) is 4.55. The molecule has 1 aliphatic heterocycles. The number of carbonyl (C=O) groups excluding carboxylic acids is 2.